The second-order valence-electron chi connectivity index (χ2n) is 5.09. The van der Waals surface area contributed by atoms with E-state index < -0.39 is 5.97 Å². The number of ether oxygens (including phenoxy) is 1. The van der Waals surface area contributed by atoms with Crippen LogP contribution < -0.4 is 0 Å². The van der Waals surface area contributed by atoms with E-state index in [0.717, 1.165) is 17.0 Å². The Balaban J connectivity index is 1.69. The molecule has 0 spiro atoms. The van der Waals surface area contributed by atoms with Gasteiger partial charge >= 0.3 is 5.97 Å². The van der Waals surface area contributed by atoms with Crippen LogP contribution in [0.3, 0.4) is 0 Å². The molecule has 0 aliphatic rings. The number of nitrogens with zero attached hydrogens (tertiary/aromatic N) is 1. The maximum absolute atomic E-state index is 10.3. The lowest BCUT2D eigenvalue weighted by molar-refractivity contribution is -0.133. The van der Waals surface area contributed by atoms with Crippen LogP contribution in [0.1, 0.15) is 11.5 Å². The fraction of sp³-hybridized carbons (Fsp3) is 0.333. The summed E-state index contributed by atoms with van der Waals surface area (Å²) in [5.41, 5.74) is 1.88. The third-order valence-corrected chi connectivity index (χ3v) is 4.10. The predicted octanol–water partition coefficient (Wildman–Crippen LogP) is 3.58. The van der Waals surface area contributed by atoms with Crippen LogP contribution >= 0.6 is 11.8 Å². The van der Waals surface area contributed by atoms with Crippen molar-refractivity contribution in [3.05, 3.63) is 53.9 Å². The molecule has 128 valence electrons. The molecular formula is C18H21NO4S. The van der Waals surface area contributed by atoms with Crippen molar-refractivity contribution in [2.24, 2.45) is 0 Å². The summed E-state index contributed by atoms with van der Waals surface area (Å²) in [7, 11) is 0. The Bertz CT molecular complexity index is 667. The first-order valence-electron chi connectivity index (χ1n) is 7.71. The summed E-state index contributed by atoms with van der Waals surface area (Å²) in [6.07, 6.45) is 4.52. The SMILES string of the molecule is Cc1oc(-c2ccccc2)nc1CCOCC=CCSCC(=O)O. The quantitative estimate of drug-likeness (QED) is 0.523. The number of aryl methyl sites for hydroxylation is 1. The van der Waals surface area contributed by atoms with Gasteiger partial charge < -0.3 is 14.3 Å². The Hall–Kier alpha value is -2.05. The molecule has 1 aromatic carbocycles. The van der Waals surface area contributed by atoms with Gasteiger partial charge in [0.2, 0.25) is 5.89 Å². The molecule has 0 saturated heterocycles. The average molecular weight is 347 g/mol. The van der Waals surface area contributed by atoms with Crippen molar-refractivity contribution in [2.75, 3.05) is 24.7 Å². The standard InChI is InChI=1S/C18H21NO4S/c1-14-16(19-18(23-14)15-7-3-2-4-8-15)9-11-22-10-5-6-12-24-13-17(20)21/h2-8H,9-13H2,1H3,(H,20,21). The van der Waals surface area contributed by atoms with Crippen molar-refractivity contribution in [1.82, 2.24) is 4.98 Å². The van der Waals surface area contributed by atoms with Gasteiger partial charge in [-0.05, 0) is 19.1 Å². The van der Waals surface area contributed by atoms with E-state index in [4.69, 9.17) is 14.3 Å². The Labute approximate surface area is 145 Å². The van der Waals surface area contributed by atoms with Crippen LogP contribution in [-0.4, -0.2) is 40.8 Å². The molecule has 0 unspecified atom stereocenters. The number of aromatic nitrogens is 1. The van der Waals surface area contributed by atoms with E-state index in [9.17, 15) is 4.79 Å². The Morgan fingerprint density at radius 2 is 2.12 bits per heavy atom. The number of carboxylic acids is 1. The Morgan fingerprint density at radius 1 is 1.33 bits per heavy atom. The lowest BCUT2D eigenvalue weighted by Crippen LogP contribution is -2.00. The molecule has 5 nitrogen and oxygen atoms in total. The first-order chi connectivity index (χ1) is 11.7. The van der Waals surface area contributed by atoms with Crippen LogP contribution in [0.4, 0.5) is 0 Å². The second-order valence-corrected chi connectivity index (χ2v) is 6.12. The van der Waals surface area contributed by atoms with Crippen LogP contribution in [0.5, 0.6) is 0 Å². The van der Waals surface area contributed by atoms with E-state index in [1.807, 2.05) is 49.4 Å². The molecule has 0 bridgehead atoms. The minimum atomic E-state index is -0.789. The van der Waals surface area contributed by atoms with Gasteiger partial charge in [-0.15, -0.1) is 11.8 Å². The predicted molar refractivity (Wildman–Crippen MR) is 95.3 cm³/mol. The number of carboxylic acid groups (broad SMARTS) is 1. The van der Waals surface area contributed by atoms with Crippen LogP contribution in [0, 0.1) is 6.92 Å². The van der Waals surface area contributed by atoms with Crippen molar-refractivity contribution in [2.45, 2.75) is 13.3 Å². The highest BCUT2D eigenvalue weighted by Gasteiger charge is 2.10. The van der Waals surface area contributed by atoms with Crippen molar-refractivity contribution < 1.29 is 19.1 Å². The average Bonchev–Trinajstić information content (AvgIpc) is 2.95. The molecule has 2 aromatic rings. The number of hydrogen-bond donors (Lipinski definition) is 1. The summed E-state index contributed by atoms with van der Waals surface area (Å²) in [5.74, 6) is 1.47. The molecule has 6 heteroatoms. The van der Waals surface area contributed by atoms with E-state index in [1.54, 1.807) is 0 Å². The third-order valence-electron chi connectivity index (χ3n) is 3.22. The molecule has 1 aromatic heterocycles. The number of carbonyl (C=O) groups is 1. The molecule has 0 fully saturated rings. The number of hydrogen-bond acceptors (Lipinski definition) is 5. The molecule has 0 amide bonds. The first-order valence-corrected chi connectivity index (χ1v) is 8.86. The lowest BCUT2D eigenvalue weighted by Gasteiger charge is -1.99. The molecule has 1 N–H and O–H groups in total. The van der Waals surface area contributed by atoms with Gasteiger partial charge in [0, 0.05) is 17.7 Å². The Kier molecular flexibility index (Phi) is 7.58. The summed E-state index contributed by atoms with van der Waals surface area (Å²) in [4.78, 5) is 14.9. The number of oxazole rings is 1. The van der Waals surface area contributed by atoms with Gasteiger partial charge in [-0.1, -0.05) is 30.4 Å². The van der Waals surface area contributed by atoms with E-state index in [-0.39, 0.29) is 5.75 Å². The van der Waals surface area contributed by atoms with E-state index in [0.29, 0.717) is 31.3 Å². The largest absolute Gasteiger partial charge is 0.481 e. The van der Waals surface area contributed by atoms with E-state index in [2.05, 4.69) is 4.98 Å². The number of aliphatic carboxylic acids is 1. The van der Waals surface area contributed by atoms with Crippen molar-refractivity contribution >= 4 is 17.7 Å². The highest BCUT2D eigenvalue weighted by Crippen LogP contribution is 2.21. The normalized spacial score (nSPS) is 11.2. The maximum Gasteiger partial charge on any atom is 0.313 e. The molecule has 0 atom stereocenters. The van der Waals surface area contributed by atoms with Gasteiger partial charge in [-0.2, -0.15) is 0 Å². The van der Waals surface area contributed by atoms with Gasteiger partial charge in [0.05, 0.1) is 24.7 Å². The Morgan fingerprint density at radius 3 is 2.88 bits per heavy atom. The maximum atomic E-state index is 10.3. The summed E-state index contributed by atoms with van der Waals surface area (Å²) >= 11 is 1.36. The topological polar surface area (TPSA) is 72.6 Å². The minimum absolute atomic E-state index is 0.125. The summed E-state index contributed by atoms with van der Waals surface area (Å²) < 4.78 is 11.3. The van der Waals surface area contributed by atoms with Gasteiger partial charge in [-0.3, -0.25) is 4.79 Å². The molecule has 2 rings (SSSR count). The zero-order valence-corrected chi connectivity index (χ0v) is 14.4. The number of thioether (sulfide) groups is 1. The van der Waals surface area contributed by atoms with Gasteiger partial charge in [0.15, 0.2) is 0 Å². The van der Waals surface area contributed by atoms with Crippen LogP contribution in [0.2, 0.25) is 0 Å². The van der Waals surface area contributed by atoms with Crippen molar-refractivity contribution in [3.63, 3.8) is 0 Å². The number of benzene rings is 1. The van der Waals surface area contributed by atoms with Gasteiger partial charge in [0.1, 0.15) is 5.76 Å². The van der Waals surface area contributed by atoms with E-state index >= 15 is 0 Å². The molecule has 24 heavy (non-hydrogen) atoms. The minimum Gasteiger partial charge on any atom is -0.481 e. The van der Waals surface area contributed by atoms with Crippen LogP contribution in [-0.2, 0) is 16.0 Å². The van der Waals surface area contributed by atoms with E-state index in [1.165, 1.54) is 11.8 Å². The first kappa shape index (κ1) is 18.3. The number of rotatable bonds is 10. The summed E-state index contributed by atoms with van der Waals surface area (Å²) in [6, 6.07) is 9.82. The second kappa shape index (κ2) is 9.95. The highest BCUT2D eigenvalue weighted by molar-refractivity contribution is 8.00. The molecule has 0 saturated carbocycles. The summed E-state index contributed by atoms with van der Waals surface area (Å²) in [6.45, 7) is 2.98. The molecule has 0 aliphatic carbocycles. The lowest BCUT2D eigenvalue weighted by atomic mass is 10.2. The fourth-order valence-corrected chi connectivity index (χ4v) is 2.60. The zero-order chi connectivity index (χ0) is 17.2. The van der Waals surface area contributed by atoms with Crippen LogP contribution in [0.25, 0.3) is 11.5 Å². The molecule has 1 heterocycles. The smallest absolute Gasteiger partial charge is 0.313 e. The van der Waals surface area contributed by atoms with Gasteiger partial charge in [0.25, 0.3) is 0 Å². The van der Waals surface area contributed by atoms with Crippen molar-refractivity contribution in [3.8, 4) is 11.5 Å². The highest BCUT2D eigenvalue weighted by atomic mass is 32.2. The summed E-state index contributed by atoms with van der Waals surface area (Å²) in [5, 5.41) is 8.51. The van der Waals surface area contributed by atoms with Crippen molar-refractivity contribution in [1.29, 1.82) is 0 Å². The zero-order valence-electron chi connectivity index (χ0n) is 13.6. The molecule has 0 aliphatic heterocycles. The fourth-order valence-electron chi connectivity index (χ4n) is 2.03. The third kappa shape index (κ3) is 6.22. The molecular weight excluding hydrogens is 326 g/mol. The van der Waals surface area contributed by atoms with Crippen LogP contribution in [0.15, 0.2) is 46.9 Å². The monoisotopic (exact) mass is 347 g/mol. The van der Waals surface area contributed by atoms with Gasteiger partial charge in [-0.25, -0.2) is 4.98 Å². The molecule has 0 radical (unpaired) electrons.